The number of methoxy groups -OCH3 is 1. The number of ether oxygens (including phenoxy) is 4. The van der Waals surface area contributed by atoms with Crippen LogP contribution in [0.3, 0.4) is 0 Å². The maximum atomic E-state index is 11.8. The second-order valence-electron chi connectivity index (χ2n) is 6.55. The number of rotatable bonds is 6. The topological polar surface area (TPSA) is 74.2 Å². The second-order valence-corrected chi connectivity index (χ2v) is 6.55. The molecule has 29 heavy (non-hydrogen) atoms. The van der Waals surface area contributed by atoms with Gasteiger partial charge in [-0.1, -0.05) is 48.5 Å². The van der Waals surface area contributed by atoms with Gasteiger partial charge in [-0.15, -0.1) is 0 Å². The van der Waals surface area contributed by atoms with E-state index in [1.165, 1.54) is 7.11 Å². The van der Waals surface area contributed by atoms with E-state index in [4.69, 9.17) is 18.9 Å². The summed E-state index contributed by atoms with van der Waals surface area (Å²) >= 11 is 0. The number of aliphatic carboxylic acids is 1. The van der Waals surface area contributed by atoms with Gasteiger partial charge in [-0.25, -0.2) is 4.79 Å². The molecular formula is C23H20O6. The minimum atomic E-state index is -1.18. The van der Waals surface area contributed by atoms with Crippen LogP contribution in [0.2, 0.25) is 0 Å². The monoisotopic (exact) mass is 392 g/mol. The van der Waals surface area contributed by atoms with Crippen LogP contribution in [0.1, 0.15) is 17.2 Å². The molecule has 3 aromatic rings. The van der Waals surface area contributed by atoms with Gasteiger partial charge in [0, 0.05) is 5.56 Å². The quantitative estimate of drug-likeness (QED) is 0.676. The minimum absolute atomic E-state index is 0.394. The number of fused-ring (bicyclic) bond motifs is 1. The van der Waals surface area contributed by atoms with E-state index in [0.29, 0.717) is 35.2 Å². The van der Waals surface area contributed by atoms with Crippen molar-refractivity contribution < 1.29 is 28.8 Å². The summed E-state index contributed by atoms with van der Waals surface area (Å²) in [6, 6.07) is 22.0. The van der Waals surface area contributed by atoms with Gasteiger partial charge in [-0.2, -0.15) is 0 Å². The second kappa shape index (κ2) is 8.14. The standard InChI is InChI=1S/C23H20O6/c1-26-20-13-16(11-12-17(20)27-14-15-7-3-2-4-8-15)21-22(23(24)25)29-19-10-6-5-9-18(19)28-21/h2-13,21-22H,14H2,1H3,(H,24,25). The first-order chi connectivity index (χ1) is 14.2. The molecule has 1 aliphatic heterocycles. The lowest BCUT2D eigenvalue weighted by Crippen LogP contribution is -2.39. The zero-order chi connectivity index (χ0) is 20.2. The number of para-hydroxylation sites is 2. The van der Waals surface area contributed by atoms with Crippen LogP contribution in [-0.2, 0) is 11.4 Å². The third kappa shape index (κ3) is 3.96. The Morgan fingerprint density at radius 3 is 2.31 bits per heavy atom. The van der Waals surface area contributed by atoms with Crippen LogP contribution in [0.15, 0.2) is 72.8 Å². The molecule has 3 aromatic carbocycles. The van der Waals surface area contributed by atoms with Crippen LogP contribution in [0.4, 0.5) is 0 Å². The van der Waals surface area contributed by atoms with Crippen molar-refractivity contribution in [2.45, 2.75) is 18.8 Å². The molecule has 0 amide bonds. The van der Waals surface area contributed by atoms with Crippen molar-refractivity contribution in [2.75, 3.05) is 7.11 Å². The SMILES string of the molecule is COc1cc(C2Oc3ccccc3OC2C(=O)O)ccc1OCc1ccccc1. The maximum absolute atomic E-state index is 11.8. The lowest BCUT2D eigenvalue weighted by Gasteiger charge is -2.32. The smallest absolute Gasteiger partial charge is 0.349 e. The Morgan fingerprint density at radius 1 is 0.931 bits per heavy atom. The first kappa shape index (κ1) is 18.7. The van der Waals surface area contributed by atoms with Gasteiger partial charge >= 0.3 is 5.97 Å². The largest absolute Gasteiger partial charge is 0.493 e. The average Bonchev–Trinajstić information content (AvgIpc) is 2.77. The number of carboxylic acids is 1. The van der Waals surface area contributed by atoms with Gasteiger partial charge in [0.15, 0.2) is 29.1 Å². The molecule has 0 bridgehead atoms. The molecule has 6 nitrogen and oxygen atoms in total. The van der Waals surface area contributed by atoms with Crippen LogP contribution in [-0.4, -0.2) is 24.3 Å². The Bertz CT molecular complexity index is 1000. The van der Waals surface area contributed by atoms with Crippen LogP contribution < -0.4 is 18.9 Å². The summed E-state index contributed by atoms with van der Waals surface area (Å²) < 4.78 is 23.0. The number of hydrogen-bond donors (Lipinski definition) is 1. The van der Waals surface area contributed by atoms with Crippen molar-refractivity contribution in [2.24, 2.45) is 0 Å². The van der Waals surface area contributed by atoms with E-state index in [9.17, 15) is 9.90 Å². The lowest BCUT2D eigenvalue weighted by molar-refractivity contribution is -0.151. The van der Waals surface area contributed by atoms with Gasteiger partial charge in [0.05, 0.1) is 7.11 Å². The first-order valence-electron chi connectivity index (χ1n) is 9.15. The molecule has 2 atom stereocenters. The molecule has 0 aliphatic carbocycles. The first-order valence-corrected chi connectivity index (χ1v) is 9.15. The average molecular weight is 392 g/mol. The van der Waals surface area contributed by atoms with E-state index >= 15 is 0 Å². The van der Waals surface area contributed by atoms with E-state index in [1.807, 2.05) is 30.3 Å². The summed E-state index contributed by atoms with van der Waals surface area (Å²) in [6.07, 6.45) is -2.00. The van der Waals surface area contributed by atoms with E-state index < -0.39 is 18.2 Å². The fourth-order valence-electron chi connectivity index (χ4n) is 3.18. The number of carboxylic acid groups (broad SMARTS) is 1. The molecule has 4 rings (SSSR count). The fraction of sp³-hybridized carbons (Fsp3) is 0.174. The van der Waals surface area contributed by atoms with Gasteiger partial charge in [-0.3, -0.25) is 0 Å². The highest BCUT2D eigenvalue weighted by Gasteiger charge is 2.38. The van der Waals surface area contributed by atoms with E-state index in [-0.39, 0.29) is 0 Å². The highest BCUT2D eigenvalue weighted by molar-refractivity contribution is 5.75. The van der Waals surface area contributed by atoms with E-state index in [1.54, 1.807) is 42.5 Å². The van der Waals surface area contributed by atoms with Crippen LogP contribution in [0, 0.1) is 0 Å². The molecule has 0 saturated heterocycles. The van der Waals surface area contributed by atoms with Crippen LogP contribution >= 0.6 is 0 Å². The zero-order valence-electron chi connectivity index (χ0n) is 15.8. The predicted octanol–water partition coefficient (Wildman–Crippen LogP) is 4.24. The maximum Gasteiger partial charge on any atom is 0.349 e. The molecular weight excluding hydrogens is 372 g/mol. The lowest BCUT2D eigenvalue weighted by atomic mass is 10.0. The minimum Gasteiger partial charge on any atom is -0.493 e. The van der Waals surface area contributed by atoms with Gasteiger partial charge < -0.3 is 24.1 Å². The summed E-state index contributed by atoms with van der Waals surface area (Å²) in [7, 11) is 1.54. The summed E-state index contributed by atoms with van der Waals surface area (Å²) in [5.41, 5.74) is 1.65. The molecule has 1 heterocycles. The predicted molar refractivity (Wildman–Crippen MR) is 106 cm³/mol. The Hall–Kier alpha value is -3.67. The molecule has 0 fully saturated rings. The van der Waals surface area contributed by atoms with Gasteiger partial charge in [0.25, 0.3) is 0 Å². The van der Waals surface area contributed by atoms with E-state index in [0.717, 1.165) is 5.56 Å². The van der Waals surface area contributed by atoms with Crippen LogP contribution in [0.25, 0.3) is 0 Å². The molecule has 2 unspecified atom stereocenters. The Morgan fingerprint density at radius 2 is 1.62 bits per heavy atom. The highest BCUT2D eigenvalue weighted by Crippen LogP contribution is 2.41. The van der Waals surface area contributed by atoms with Crippen molar-refractivity contribution in [1.82, 2.24) is 0 Å². The molecule has 1 N–H and O–H groups in total. The van der Waals surface area contributed by atoms with Gasteiger partial charge in [0.1, 0.15) is 6.61 Å². The Balaban J connectivity index is 1.60. The van der Waals surface area contributed by atoms with Crippen molar-refractivity contribution in [3.8, 4) is 23.0 Å². The van der Waals surface area contributed by atoms with Crippen molar-refractivity contribution in [1.29, 1.82) is 0 Å². The van der Waals surface area contributed by atoms with E-state index in [2.05, 4.69) is 0 Å². The molecule has 6 heteroatoms. The molecule has 148 valence electrons. The summed E-state index contributed by atoms with van der Waals surface area (Å²) in [6.45, 7) is 0.394. The van der Waals surface area contributed by atoms with Gasteiger partial charge in [-0.05, 0) is 29.8 Å². The third-order valence-corrected chi connectivity index (χ3v) is 4.63. The molecule has 0 spiro atoms. The Kier molecular flexibility index (Phi) is 5.24. The number of hydrogen-bond acceptors (Lipinski definition) is 5. The highest BCUT2D eigenvalue weighted by atomic mass is 16.6. The summed E-state index contributed by atoms with van der Waals surface area (Å²) in [5, 5.41) is 9.63. The number of benzene rings is 3. The molecule has 1 aliphatic rings. The van der Waals surface area contributed by atoms with Crippen LogP contribution in [0.5, 0.6) is 23.0 Å². The number of carbonyl (C=O) groups is 1. The normalized spacial score (nSPS) is 17.4. The Labute approximate surface area is 168 Å². The molecule has 0 saturated carbocycles. The zero-order valence-corrected chi connectivity index (χ0v) is 15.8. The summed E-state index contributed by atoms with van der Waals surface area (Å²) in [5.74, 6) is 0.853. The molecule has 0 radical (unpaired) electrons. The fourth-order valence-corrected chi connectivity index (χ4v) is 3.18. The summed E-state index contributed by atoms with van der Waals surface area (Å²) in [4.78, 5) is 11.8. The van der Waals surface area contributed by atoms with Gasteiger partial charge in [0.2, 0.25) is 6.10 Å². The third-order valence-electron chi connectivity index (χ3n) is 4.63. The van der Waals surface area contributed by atoms with Crippen molar-refractivity contribution >= 4 is 5.97 Å². The molecule has 0 aromatic heterocycles. The van der Waals surface area contributed by atoms with Crippen molar-refractivity contribution in [3.63, 3.8) is 0 Å². The van der Waals surface area contributed by atoms with Crippen molar-refractivity contribution in [3.05, 3.63) is 83.9 Å².